The fraction of sp³-hybridized carbons (Fsp3) is 0.467. The number of aliphatic carboxylic acids is 1. The number of hydrogen-bond acceptors (Lipinski definition) is 2. The maximum absolute atomic E-state index is 12.3. The van der Waals surface area contributed by atoms with Crippen molar-refractivity contribution < 1.29 is 14.7 Å². The second-order valence-electron chi connectivity index (χ2n) is 5.14. The first-order chi connectivity index (χ1) is 9.52. The number of nitrogens with one attached hydrogen (secondary N) is 1. The number of rotatable bonds is 3. The quantitative estimate of drug-likeness (QED) is 0.890. The van der Waals surface area contributed by atoms with Crippen molar-refractivity contribution in [2.45, 2.75) is 39.2 Å². The van der Waals surface area contributed by atoms with Crippen molar-refractivity contribution in [3.63, 3.8) is 0 Å². The molecule has 1 atom stereocenters. The number of carbonyl (C=O) groups is 2. The summed E-state index contributed by atoms with van der Waals surface area (Å²) in [6, 6.07) is 4.83. The second kappa shape index (κ2) is 5.94. The molecule has 0 fully saturated rings. The van der Waals surface area contributed by atoms with Gasteiger partial charge in [0.1, 0.15) is 6.04 Å². The first-order valence-electron chi connectivity index (χ1n) is 6.93. The van der Waals surface area contributed by atoms with E-state index >= 15 is 0 Å². The lowest BCUT2D eigenvalue weighted by atomic mass is 10.00. The van der Waals surface area contributed by atoms with E-state index in [2.05, 4.69) is 11.4 Å². The highest BCUT2D eigenvalue weighted by molar-refractivity contribution is 5.95. The van der Waals surface area contributed by atoms with E-state index in [4.69, 9.17) is 5.11 Å². The molecule has 0 bridgehead atoms. The summed E-state index contributed by atoms with van der Waals surface area (Å²) >= 11 is 0. The Kier molecular flexibility index (Phi) is 4.27. The highest BCUT2D eigenvalue weighted by atomic mass is 16.4. The number of nitrogens with zero attached hydrogens (tertiary/aromatic N) is 1. The summed E-state index contributed by atoms with van der Waals surface area (Å²) in [4.78, 5) is 24.9. The van der Waals surface area contributed by atoms with Crippen molar-refractivity contribution in [1.29, 1.82) is 0 Å². The van der Waals surface area contributed by atoms with Crippen molar-refractivity contribution in [3.8, 4) is 0 Å². The number of urea groups is 1. The van der Waals surface area contributed by atoms with E-state index in [9.17, 15) is 9.59 Å². The van der Waals surface area contributed by atoms with Gasteiger partial charge in [-0.1, -0.05) is 24.6 Å². The number of carboxylic acids is 1. The Morgan fingerprint density at radius 3 is 2.85 bits per heavy atom. The van der Waals surface area contributed by atoms with Gasteiger partial charge in [0, 0.05) is 12.2 Å². The molecule has 5 nitrogen and oxygen atoms in total. The summed E-state index contributed by atoms with van der Waals surface area (Å²) in [6.45, 7) is 4.39. The average Bonchev–Trinajstić information content (AvgIpc) is 2.43. The third-order valence-corrected chi connectivity index (χ3v) is 3.60. The molecule has 108 valence electrons. The van der Waals surface area contributed by atoms with Gasteiger partial charge in [-0.05, 0) is 37.8 Å². The maximum Gasteiger partial charge on any atom is 0.326 e. The first-order valence-corrected chi connectivity index (χ1v) is 6.93. The van der Waals surface area contributed by atoms with Gasteiger partial charge in [-0.25, -0.2) is 9.59 Å². The molecule has 0 spiro atoms. The number of carboxylic acid groups (broad SMARTS) is 1. The Bertz CT molecular complexity index is 528. The molecule has 1 heterocycles. The number of amides is 2. The zero-order chi connectivity index (χ0) is 14.7. The van der Waals surface area contributed by atoms with Crippen LogP contribution in [0.25, 0.3) is 0 Å². The van der Waals surface area contributed by atoms with Gasteiger partial charge in [-0.2, -0.15) is 0 Å². The van der Waals surface area contributed by atoms with Gasteiger partial charge < -0.3 is 10.4 Å². The molecule has 0 aliphatic carbocycles. The fourth-order valence-electron chi connectivity index (χ4n) is 2.50. The van der Waals surface area contributed by atoms with Crippen molar-refractivity contribution in [3.05, 3.63) is 29.3 Å². The predicted molar refractivity (Wildman–Crippen MR) is 77.1 cm³/mol. The van der Waals surface area contributed by atoms with E-state index in [0.717, 1.165) is 24.1 Å². The van der Waals surface area contributed by atoms with E-state index in [1.165, 1.54) is 5.56 Å². The zero-order valence-electron chi connectivity index (χ0n) is 11.8. The topological polar surface area (TPSA) is 69.6 Å². The standard InChI is InChI=1S/C15H20N2O3/c1-3-12(14(18)19)16-15(20)17-8-4-5-11-9-10(2)6-7-13(11)17/h6-7,9,12H,3-5,8H2,1-2H3,(H,16,20)(H,18,19)/t12-/m1/s1. The number of anilines is 1. The van der Waals surface area contributed by atoms with Crippen molar-refractivity contribution in [2.75, 3.05) is 11.4 Å². The fourth-order valence-corrected chi connectivity index (χ4v) is 2.50. The van der Waals surface area contributed by atoms with Gasteiger partial charge in [-0.3, -0.25) is 4.90 Å². The summed E-state index contributed by atoms with van der Waals surface area (Å²) in [5.74, 6) is -0.998. The number of benzene rings is 1. The van der Waals surface area contributed by atoms with Gasteiger partial charge >= 0.3 is 12.0 Å². The van der Waals surface area contributed by atoms with Crippen LogP contribution in [0.15, 0.2) is 18.2 Å². The molecule has 2 amide bonds. The van der Waals surface area contributed by atoms with Crippen molar-refractivity contribution in [1.82, 2.24) is 5.32 Å². The Labute approximate surface area is 118 Å². The Balaban J connectivity index is 2.18. The van der Waals surface area contributed by atoms with Crippen LogP contribution in [0.4, 0.5) is 10.5 Å². The molecular formula is C15H20N2O3. The van der Waals surface area contributed by atoms with Gasteiger partial charge in [0.15, 0.2) is 0 Å². The third-order valence-electron chi connectivity index (χ3n) is 3.60. The van der Waals surface area contributed by atoms with E-state index in [1.54, 1.807) is 11.8 Å². The largest absolute Gasteiger partial charge is 0.480 e. The highest BCUT2D eigenvalue weighted by Crippen LogP contribution is 2.28. The summed E-state index contributed by atoms with van der Waals surface area (Å²) in [5, 5.41) is 11.6. The van der Waals surface area contributed by atoms with Crippen LogP contribution in [0.5, 0.6) is 0 Å². The summed E-state index contributed by atoms with van der Waals surface area (Å²) in [5.41, 5.74) is 3.21. The molecule has 5 heteroatoms. The van der Waals surface area contributed by atoms with Crippen LogP contribution in [-0.4, -0.2) is 29.7 Å². The highest BCUT2D eigenvalue weighted by Gasteiger charge is 2.26. The molecule has 1 aliphatic rings. The first kappa shape index (κ1) is 14.4. The minimum absolute atomic E-state index is 0.330. The number of aryl methyl sites for hydroxylation is 2. The molecule has 0 saturated carbocycles. The van der Waals surface area contributed by atoms with Crippen LogP contribution in [0.1, 0.15) is 30.9 Å². The number of hydrogen-bond donors (Lipinski definition) is 2. The van der Waals surface area contributed by atoms with Crippen LogP contribution >= 0.6 is 0 Å². The minimum Gasteiger partial charge on any atom is -0.480 e. The molecule has 0 radical (unpaired) electrons. The van der Waals surface area contributed by atoms with Crippen LogP contribution in [-0.2, 0) is 11.2 Å². The van der Waals surface area contributed by atoms with E-state index in [-0.39, 0.29) is 6.03 Å². The number of carbonyl (C=O) groups excluding carboxylic acids is 1. The normalized spacial score (nSPS) is 15.4. The lowest BCUT2D eigenvalue weighted by molar-refractivity contribution is -0.139. The summed E-state index contributed by atoms with van der Waals surface area (Å²) in [6.07, 6.45) is 2.22. The van der Waals surface area contributed by atoms with Gasteiger partial charge in [0.25, 0.3) is 0 Å². The van der Waals surface area contributed by atoms with Crippen molar-refractivity contribution in [2.24, 2.45) is 0 Å². The smallest absolute Gasteiger partial charge is 0.326 e. The summed E-state index contributed by atoms with van der Waals surface area (Å²) in [7, 11) is 0. The molecular weight excluding hydrogens is 256 g/mol. The Morgan fingerprint density at radius 2 is 2.20 bits per heavy atom. The Hall–Kier alpha value is -2.04. The average molecular weight is 276 g/mol. The van der Waals surface area contributed by atoms with E-state index in [1.807, 2.05) is 19.1 Å². The lowest BCUT2D eigenvalue weighted by Gasteiger charge is -2.30. The van der Waals surface area contributed by atoms with Gasteiger partial charge in [0.05, 0.1) is 0 Å². The SMILES string of the molecule is CC[C@@H](NC(=O)N1CCCc2cc(C)ccc21)C(=O)O. The molecule has 2 rings (SSSR count). The van der Waals surface area contributed by atoms with Crippen molar-refractivity contribution >= 4 is 17.7 Å². The molecule has 1 aromatic rings. The van der Waals surface area contributed by atoms with Gasteiger partial charge in [0.2, 0.25) is 0 Å². The van der Waals surface area contributed by atoms with Gasteiger partial charge in [-0.15, -0.1) is 0 Å². The molecule has 0 saturated heterocycles. The molecule has 20 heavy (non-hydrogen) atoms. The second-order valence-corrected chi connectivity index (χ2v) is 5.14. The number of fused-ring (bicyclic) bond motifs is 1. The van der Waals surface area contributed by atoms with Crippen LogP contribution < -0.4 is 10.2 Å². The van der Waals surface area contributed by atoms with Crippen LogP contribution in [0.3, 0.4) is 0 Å². The molecule has 0 unspecified atom stereocenters. The lowest BCUT2D eigenvalue weighted by Crippen LogP contribution is -2.49. The van der Waals surface area contributed by atoms with E-state index in [0.29, 0.717) is 13.0 Å². The Morgan fingerprint density at radius 1 is 1.45 bits per heavy atom. The maximum atomic E-state index is 12.3. The molecule has 1 aromatic carbocycles. The van der Waals surface area contributed by atoms with Crippen LogP contribution in [0.2, 0.25) is 0 Å². The third kappa shape index (κ3) is 2.92. The van der Waals surface area contributed by atoms with E-state index < -0.39 is 12.0 Å². The zero-order valence-corrected chi connectivity index (χ0v) is 11.8. The molecule has 2 N–H and O–H groups in total. The monoisotopic (exact) mass is 276 g/mol. The molecule has 0 aromatic heterocycles. The summed E-state index contributed by atoms with van der Waals surface area (Å²) < 4.78 is 0. The van der Waals surface area contributed by atoms with Crippen LogP contribution in [0, 0.1) is 6.92 Å². The minimum atomic E-state index is -0.998. The predicted octanol–water partition coefficient (Wildman–Crippen LogP) is 2.32. The molecule has 1 aliphatic heterocycles.